The van der Waals surface area contributed by atoms with E-state index in [-0.39, 0.29) is 0 Å². The molecule has 0 unspecified atom stereocenters. The van der Waals surface area contributed by atoms with Crippen molar-refractivity contribution in [3.63, 3.8) is 0 Å². The molecular formula is C15H19BrN2S. The Kier molecular flexibility index (Phi) is 4.74. The van der Waals surface area contributed by atoms with E-state index in [9.17, 15) is 0 Å². The largest absolute Gasteiger partial charge is 0.268 e. The minimum Gasteiger partial charge on any atom is -0.268 e. The first-order valence-corrected chi connectivity index (χ1v) is 8.22. The van der Waals surface area contributed by atoms with Gasteiger partial charge in [-0.2, -0.15) is 5.10 Å². The number of hydrogen-bond donors (Lipinski definition) is 0. The summed E-state index contributed by atoms with van der Waals surface area (Å²) in [5, 5.41) is 4.54. The van der Waals surface area contributed by atoms with Crippen LogP contribution in [0.4, 0.5) is 0 Å². The maximum atomic E-state index is 4.54. The highest BCUT2D eigenvalue weighted by molar-refractivity contribution is 9.10. The van der Waals surface area contributed by atoms with Gasteiger partial charge in [-0.1, -0.05) is 17.7 Å². The van der Waals surface area contributed by atoms with Crippen LogP contribution in [0.15, 0.2) is 27.6 Å². The summed E-state index contributed by atoms with van der Waals surface area (Å²) in [6, 6.07) is 6.61. The maximum Gasteiger partial charge on any atom is 0.0739 e. The van der Waals surface area contributed by atoms with E-state index in [1.165, 1.54) is 21.7 Å². The molecule has 1 heterocycles. The predicted octanol–water partition coefficient (Wildman–Crippen LogP) is 4.88. The molecule has 0 aliphatic heterocycles. The summed E-state index contributed by atoms with van der Waals surface area (Å²) >= 11 is 5.53. The Morgan fingerprint density at radius 3 is 2.68 bits per heavy atom. The first kappa shape index (κ1) is 14.7. The lowest BCUT2D eigenvalue weighted by Crippen LogP contribution is -2.01. The molecule has 2 rings (SSSR count). The number of thioether (sulfide) groups is 1. The third-order valence-electron chi connectivity index (χ3n) is 3.16. The third-order valence-corrected chi connectivity index (χ3v) is 5.36. The topological polar surface area (TPSA) is 17.8 Å². The van der Waals surface area contributed by atoms with Crippen molar-refractivity contribution in [1.29, 1.82) is 0 Å². The standard InChI is InChI=1S/C15H19BrN2S/c1-5-18-13(15(16)12(4)17-18)9-19-14-8-10(2)6-7-11(14)3/h6-8H,5,9H2,1-4H3. The lowest BCUT2D eigenvalue weighted by Gasteiger charge is -2.08. The number of nitrogens with zero attached hydrogens (tertiary/aromatic N) is 2. The summed E-state index contributed by atoms with van der Waals surface area (Å²) in [7, 11) is 0. The van der Waals surface area contributed by atoms with Gasteiger partial charge in [0.1, 0.15) is 0 Å². The van der Waals surface area contributed by atoms with Crippen molar-refractivity contribution in [3.05, 3.63) is 45.2 Å². The summed E-state index contributed by atoms with van der Waals surface area (Å²) in [4.78, 5) is 1.36. The van der Waals surface area contributed by atoms with E-state index in [0.717, 1.165) is 22.5 Å². The molecule has 0 aliphatic carbocycles. The molecule has 0 spiro atoms. The second-order valence-corrected chi connectivity index (χ2v) is 6.53. The van der Waals surface area contributed by atoms with Crippen molar-refractivity contribution in [3.8, 4) is 0 Å². The smallest absolute Gasteiger partial charge is 0.0739 e. The van der Waals surface area contributed by atoms with Crippen LogP contribution in [-0.4, -0.2) is 9.78 Å². The molecule has 0 saturated heterocycles. The van der Waals surface area contributed by atoms with Crippen LogP contribution in [0.1, 0.15) is 29.4 Å². The van der Waals surface area contributed by atoms with Gasteiger partial charge in [-0.05, 0) is 55.3 Å². The van der Waals surface area contributed by atoms with Crippen LogP contribution in [-0.2, 0) is 12.3 Å². The van der Waals surface area contributed by atoms with E-state index in [0.29, 0.717) is 0 Å². The fraction of sp³-hybridized carbons (Fsp3) is 0.400. The van der Waals surface area contributed by atoms with Gasteiger partial charge >= 0.3 is 0 Å². The SMILES string of the molecule is CCn1nc(C)c(Br)c1CSc1cc(C)ccc1C. The number of aromatic nitrogens is 2. The van der Waals surface area contributed by atoms with E-state index < -0.39 is 0 Å². The van der Waals surface area contributed by atoms with Crippen LogP contribution in [0.5, 0.6) is 0 Å². The van der Waals surface area contributed by atoms with Gasteiger partial charge in [-0.15, -0.1) is 11.8 Å². The van der Waals surface area contributed by atoms with Crippen molar-refractivity contribution in [1.82, 2.24) is 9.78 Å². The molecule has 2 nitrogen and oxygen atoms in total. The summed E-state index contributed by atoms with van der Waals surface area (Å²) in [5.74, 6) is 0.944. The van der Waals surface area contributed by atoms with Gasteiger partial charge < -0.3 is 0 Å². The van der Waals surface area contributed by atoms with Crippen LogP contribution in [0.2, 0.25) is 0 Å². The molecule has 2 aromatic rings. The molecule has 0 radical (unpaired) electrons. The molecule has 0 atom stereocenters. The van der Waals surface area contributed by atoms with E-state index in [2.05, 4.69) is 64.7 Å². The quantitative estimate of drug-likeness (QED) is 0.739. The average molecular weight is 339 g/mol. The summed E-state index contributed by atoms with van der Waals surface area (Å²) in [6.45, 7) is 9.39. The van der Waals surface area contributed by atoms with Gasteiger partial charge in [0.05, 0.1) is 15.9 Å². The van der Waals surface area contributed by atoms with Crippen LogP contribution in [0, 0.1) is 20.8 Å². The van der Waals surface area contributed by atoms with Crippen molar-refractivity contribution in [2.75, 3.05) is 0 Å². The van der Waals surface area contributed by atoms with Crippen molar-refractivity contribution >= 4 is 27.7 Å². The van der Waals surface area contributed by atoms with E-state index in [4.69, 9.17) is 0 Å². The minimum absolute atomic E-state index is 0.912. The summed E-state index contributed by atoms with van der Waals surface area (Å²) in [6.07, 6.45) is 0. The number of rotatable bonds is 4. The molecule has 0 aliphatic rings. The predicted molar refractivity (Wildman–Crippen MR) is 85.8 cm³/mol. The third kappa shape index (κ3) is 3.23. The lowest BCUT2D eigenvalue weighted by molar-refractivity contribution is 0.631. The molecule has 0 fully saturated rings. The van der Waals surface area contributed by atoms with Gasteiger partial charge in [0.2, 0.25) is 0 Å². The minimum atomic E-state index is 0.912. The Morgan fingerprint density at radius 1 is 1.26 bits per heavy atom. The number of benzene rings is 1. The molecule has 0 saturated carbocycles. The van der Waals surface area contributed by atoms with Crippen LogP contribution < -0.4 is 0 Å². The first-order valence-electron chi connectivity index (χ1n) is 6.44. The van der Waals surface area contributed by atoms with Crippen LogP contribution in [0.3, 0.4) is 0 Å². The highest BCUT2D eigenvalue weighted by Crippen LogP contribution is 2.31. The number of hydrogen-bond acceptors (Lipinski definition) is 2. The van der Waals surface area contributed by atoms with E-state index in [1.807, 2.05) is 18.7 Å². The van der Waals surface area contributed by atoms with Crippen LogP contribution >= 0.6 is 27.7 Å². The fourth-order valence-corrected chi connectivity index (χ4v) is 3.78. The maximum absolute atomic E-state index is 4.54. The first-order chi connectivity index (χ1) is 9.02. The fourth-order valence-electron chi connectivity index (χ4n) is 2.02. The average Bonchev–Trinajstić information content (AvgIpc) is 2.66. The zero-order valence-corrected chi connectivity index (χ0v) is 14.2. The molecule has 0 N–H and O–H groups in total. The molecule has 0 amide bonds. The van der Waals surface area contributed by atoms with Gasteiger partial charge in [0, 0.05) is 17.2 Å². The molecule has 1 aromatic heterocycles. The normalized spacial score (nSPS) is 11.0. The zero-order valence-electron chi connectivity index (χ0n) is 11.8. The van der Waals surface area contributed by atoms with E-state index in [1.54, 1.807) is 0 Å². The van der Waals surface area contributed by atoms with Gasteiger partial charge in [0.15, 0.2) is 0 Å². The zero-order chi connectivity index (χ0) is 14.0. The van der Waals surface area contributed by atoms with E-state index >= 15 is 0 Å². The Bertz CT molecular complexity index is 590. The van der Waals surface area contributed by atoms with Crippen molar-refractivity contribution < 1.29 is 0 Å². The Hall–Kier alpha value is -0.740. The second kappa shape index (κ2) is 6.14. The van der Waals surface area contributed by atoms with Crippen molar-refractivity contribution in [2.24, 2.45) is 0 Å². The Labute approximate surface area is 127 Å². The molecule has 102 valence electrons. The Morgan fingerprint density at radius 2 is 2.00 bits per heavy atom. The van der Waals surface area contributed by atoms with Gasteiger partial charge in [0.25, 0.3) is 0 Å². The van der Waals surface area contributed by atoms with Gasteiger partial charge in [-0.3, -0.25) is 4.68 Å². The van der Waals surface area contributed by atoms with Gasteiger partial charge in [-0.25, -0.2) is 0 Å². The summed E-state index contributed by atoms with van der Waals surface area (Å²) < 4.78 is 3.23. The molecular weight excluding hydrogens is 320 g/mol. The highest BCUT2D eigenvalue weighted by Gasteiger charge is 2.12. The molecule has 0 bridgehead atoms. The lowest BCUT2D eigenvalue weighted by atomic mass is 10.2. The Balaban J connectivity index is 2.21. The molecule has 4 heteroatoms. The number of halogens is 1. The number of aryl methyl sites for hydroxylation is 4. The monoisotopic (exact) mass is 338 g/mol. The second-order valence-electron chi connectivity index (χ2n) is 4.72. The molecule has 1 aromatic carbocycles. The van der Waals surface area contributed by atoms with Crippen molar-refractivity contribution in [2.45, 2.75) is 44.9 Å². The van der Waals surface area contributed by atoms with Crippen LogP contribution in [0.25, 0.3) is 0 Å². The summed E-state index contributed by atoms with van der Waals surface area (Å²) in [5.41, 5.74) is 4.99. The molecule has 19 heavy (non-hydrogen) atoms. The highest BCUT2D eigenvalue weighted by atomic mass is 79.9.